The molecule has 11 rings (SSSR count). The average molecular weight is 1170 g/mol. The van der Waals surface area contributed by atoms with E-state index in [0.29, 0.717) is 58.1 Å². The quantitative estimate of drug-likeness (QED) is 0.0976. The fraction of sp³-hybridized carbons (Fsp3) is 0.375. The van der Waals surface area contributed by atoms with Gasteiger partial charge in [0.25, 0.3) is 0 Å². The van der Waals surface area contributed by atoms with Gasteiger partial charge in [0, 0.05) is 90.1 Å². The number of nitrogens with zero attached hydrogens (tertiary/aromatic N) is 9. The molecule has 0 spiro atoms. The van der Waals surface area contributed by atoms with Crippen LogP contribution in [0.4, 0.5) is 28.0 Å². The van der Waals surface area contributed by atoms with Gasteiger partial charge in [0.05, 0.1) is 67.3 Å². The molecule has 3 fully saturated rings. The molecule has 410 valence electrons. The third-order valence-corrected chi connectivity index (χ3v) is 14.8. The second-order valence-corrected chi connectivity index (χ2v) is 22.0. The Morgan fingerprint density at radius 1 is 0.769 bits per heavy atom. The molecule has 1 amide bonds. The summed E-state index contributed by atoms with van der Waals surface area (Å²) >= 11 is 15.2. The predicted molar refractivity (Wildman–Crippen MR) is 299 cm³/mol. The topological polar surface area (TPSA) is 164 Å². The first-order chi connectivity index (χ1) is 37.4. The number of carbonyl (C=O) groups excluding carboxylic acids is 1. The zero-order valence-corrected chi connectivity index (χ0v) is 46.8. The van der Waals surface area contributed by atoms with Crippen LogP contribution in [-0.4, -0.2) is 115 Å². The van der Waals surface area contributed by atoms with Gasteiger partial charge in [0.2, 0.25) is 0 Å². The Morgan fingerprint density at radius 3 is 2.04 bits per heavy atom. The maximum Gasteiger partial charge on any atom is 0.410 e. The van der Waals surface area contributed by atoms with Crippen LogP contribution in [0.25, 0.3) is 67.1 Å². The number of H-pyrrole nitrogens is 1. The number of pyridine rings is 4. The number of hydrogen-bond donors (Lipinski definition) is 3. The molecule has 9 heterocycles. The van der Waals surface area contributed by atoms with E-state index in [1.807, 2.05) is 71.4 Å². The van der Waals surface area contributed by atoms with E-state index in [4.69, 9.17) is 42.6 Å². The van der Waals surface area contributed by atoms with E-state index in [-0.39, 0.29) is 33.5 Å². The van der Waals surface area contributed by atoms with E-state index in [9.17, 15) is 22.4 Å². The molecule has 1 unspecified atom stereocenters. The first-order valence-electron chi connectivity index (χ1n) is 25.8. The summed E-state index contributed by atoms with van der Waals surface area (Å²) in [5.74, 6) is -3.11. The summed E-state index contributed by atoms with van der Waals surface area (Å²) in [6.07, 6.45) is 13.5. The largest absolute Gasteiger partial charge is 0.444 e. The Bertz CT molecular complexity index is 3410. The second-order valence-electron chi connectivity index (χ2n) is 20.3. The summed E-state index contributed by atoms with van der Waals surface area (Å²) in [5, 5.41) is 17.7. The van der Waals surface area contributed by atoms with Crippen molar-refractivity contribution in [3.63, 3.8) is 0 Å². The Labute approximate surface area is 467 Å². The monoisotopic (exact) mass is 1170 g/mol. The molecule has 3 saturated heterocycles. The van der Waals surface area contributed by atoms with Gasteiger partial charge in [-0.15, -0.1) is 0 Å². The molecule has 0 radical (unpaired) electrons. The van der Waals surface area contributed by atoms with Gasteiger partial charge in [-0.1, -0.05) is 23.2 Å². The first-order valence-corrected chi connectivity index (χ1v) is 27.3. The molecule has 2 aromatic carbocycles. The molecule has 78 heavy (non-hydrogen) atoms. The van der Waals surface area contributed by atoms with Crippen LogP contribution in [0, 0.1) is 23.3 Å². The van der Waals surface area contributed by atoms with Crippen molar-refractivity contribution < 1.29 is 31.8 Å². The minimum atomic E-state index is -0.820. The van der Waals surface area contributed by atoms with Gasteiger partial charge in [-0.25, -0.2) is 37.0 Å². The van der Waals surface area contributed by atoms with Crippen molar-refractivity contribution in [3.8, 4) is 45.0 Å². The summed E-state index contributed by atoms with van der Waals surface area (Å²) in [4.78, 5) is 34.2. The third-order valence-electron chi connectivity index (χ3n) is 13.8. The van der Waals surface area contributed by atoms with Crippen LogP contribution < -0.4 is 15.5 Å². The van der Waals surface area contributed by atoms with Crippen LogP contribution in [0.5, 0.6) is 0 Å². The SMILES string of the molecule is CN(C(=O)OC(C)(C)C)C1CCNCC1.CNC1CCN(c2cnc3ccc(-c4cn[nH]c4-c4cc(Cl)c(F)cc4F)nc3c2)CC1.Fc1cc(F)c(-c2nn(C3CCCCO3)cc2-c2ccc3ncc(Br)cc3n2)cc1Cl. The van der Waals surface area contributed by atoms with Gasteiger partial charge in [0.1, 0.15) is 40.8 Å². The lowest BCUT2D eigenvalue weighted by Crippen LogP contribution is -2.45. The minimum Gasteiger partial charge on any atom is -0.444 e. The number of hydrogen-bond acceptors (Lipinski definition) is 12. The van der Waals surface area contributed by atoms with Crippen LogP contribution in [0.3, 0.4) is 0 Å². The third kappa shape index (κ3) is 13.4. The molecule has 6 aromatic heterocycles. The van der Waals surface area contributed by atoms with E-state index in [2.05, 4.69) is 56.7 Å². The Kier molecular flexibility index (Phi) is 17.9. The van der Waals surface area contributed by atoms with Gasteiger partial charge >= 0.3 is 6.09 Å². The fourth-order valence-corrected chi connectivity index (χ4v) is 10.2. The second kappa shape index (κ2) is 24.8. The maximum absolute atomic E-state index is 14.8. The van der Waals surface area contributed by atoms with Crippen molar-refractivity contribution in [1.82, 2.24) is 55.4 Å². The number of aromatic nitrogens is 8. The molecule has 15 nitrogen and oxygen atoms in total. The van der Waals surface area contributed by atoms with E-state index in [1.54, 1.807) is 34.2 Å². The van der Waals surface area contributed by atoms with Gasteiger partial charge in [-0.3, -0.25) is 15.1 Å². The van der Waals surface area contributed by atoms with Gasteiger partial charge in [0.15, 0.2) is 0 Å². The molecule has 0 bridgehead atoms. The highest BCUT2D eigenvalue weighted by Gasteiger charge is 2.28. The maximum atomic E-state index is 14.8. The number of piperidine rings is 2. The Balaban J connectivity index is 0.000000152. The Morgan fingerprint density at radius 2 is 1.40 bits per heavy atom. The van der Waals surface area contributed by atoms with E-state index < -0.39 is 28.9 Å². The molecule has 3 aliphatic rings. The number of halogens is 7. The van der Waals surface area contributed by atoms with Crippen LogP contribution in [0.15, 0.2) is 89.9 Å². The van der Waals surface area contributed by atoms with Crippen LogP contribution >= 0.6 is 39.1 Å². The van der Waals surface area contributed by atoms with Crippen molar-refractivity contribution in [2.24, 2.45) is 0 Å². The fourth-order valence-electron chi connectivity index (χ4n) is 9.52. The summed E-state index contributed by atoms with van der Waals surface area (Å²) in [7, 11) is 3.82. The normalized spacial score (nSPS) is 16.4. The smallest absolute Gasteiger partial charge is 0.410 e. The van der Waals surface area contributed by atoms with E-state index >= 15 is 0 Å². The van der Waals surface area contributed by atoms with Gasteiger partial charge in [-0.2, -0.15) is 10.2 Å². The van der Waals surface area contributed by atoms with Crippen LogP contribution in [0.1, 0.15) is 71.9 Å². The Hall–Kier alpha value is -6.29. The molecule has 22 heteroatoms. The predicted octanol–water partition coefficient (Wildman–Crippen LogP) is 13.0. The van der Waals surface area contributed by atoms with Gasteiger partial charge in [-0.05, 0) is 150 Å². The number of nitrogens with one attached hydrogen (secondary N) is 3. The number of carbonyl (C=O) groups is 1. The minimum absolute atomic E-state index is 0.102. The molecular formula is C56H59BrCl2F4N12O3. The average Bonchev–Trinajstić information content (AvgIpc) is 4.21. The standard InChI is InChI=1S/C23H21ClF2N6.C22H16BrClF2N4O.C11H22N2O2/c1-27-13-4-6-32(7-5-13)14-8-22-21(28-11-14)3-2-20(30-22)16-12-29-31-23(16)15-9-17(24)19(26)10-18(15)25;23-12-7-20-19(27-10-12)5-4-18(28-20)14-11-30(21-3-1-2-6-31-21)29-22(14)13-8-15(24)17(26)9-16(13)25;1-11(2,3)15-10(14)13(4)9-5-7-12-8-6-9/h2-3,8-13,27H,4-7H2,1H3,(H,29,31);4-5,7-11,21H,1-3,6H2;9,12H,5-8H2,1-4H3. The summed E-state index contributed by atoms with van der Waals surface area (Å²) in [6, 6.07) is 16.1. The molecule has 0 aliphatic carbocycles. The zero-order valence-electron chi connectivity index (χ0n) is 43.7. The summed E-state index contributed by atoms with van der Waals surface area (Å²) in [6.45, 7) is 10.2. The number of benzene rings is 2. The number of ether oxygens (including phenoxy) is 2. The number of rotatable bonds is 8. The number of fused-ring (bicyclic) bond motifs is 2. The van der Waals surface area contributed by atoms with Crippen LogP contribution in [-0.2, 0) is 9.47 Å². The molecule has 3 aliphatic heterocycles. The lowest BCUT2D eigenvalue weighted by Gasteiger charge is -2.33. The molecule has 0 saturated carbocycles. The molecular weight excluding hydrogens is 1120 g/mol. The lowest BCUT2D eigenvalue weighted by molar-refractivity contribution is -0.0393. The zero-order chi connectivity index (χ0) is 55.3. The number of anilines is 1. The van der Waals surface area contributed by atoms with Crippen molar-refractivity contribution in [2.45, 2.75) is 89.6 Å². The van der Waals surface area contributed by atoms with Crippen molar-refractivity contribution in [1.29, 1.82) is 0 Å². The number of aromatic amines is 1. The van der Waals surface area contributed by atoms with E-state index in [1.165, 1.54) is 12.1 Å². The highest BCUT2D eigenvalue weighted by atomic mass is 79.9. The molecule has 1 atom stereocenters. The number of amides is 1. The van der Waals surface area contributed by atoms with Crippen LogP contribution in [0.2, 0.25) is 10.0 Å². The highest BCUT2D eigenvalue weighted by molar-refractivity contribution is 9.10. The lowest BCUT2D eigenvalue weighted by atomic mass is 10.0. The summed E-state index contributed by atoms with van der Waals surface area (Å²) < 4.78 is 70.2. The van der Waals surface area contributed by atoms with Gasteiger partial charge < -0.3 is 29.9 Å². The van der Waals surface area contributed by atoms with Crippen molar-refractivity contribution in [2.75, 3.05) is 51.8 Å². The van der Waals surface area contributed by atoms with Crippen molar-refractivity contribution >= 4 is 73.0 Å². The van der Waals surface area contributed by atoms with E-state index in [0.717, 1.165) is 110 Å². The molecule has 8 aromatic rings. The van der Waals surface area contributed by atoms with Crippen molar-refractivity contribution in [3.05, 3.63) is 123 Å². The highest BCUT2D eigenvalue weighted by Crippen LogP contribution is 2.38. The first kappa shape index (κ1) is 56.4. The summed E-state index contributed by atoms with van der Waals surface area (Å²) in [5.41, 5.74) is 6.85. The molecule has 3 N–H and O–H groups in total.